The SMILES string of the molecule is CCOC(=O)N1CCN([C@@H](C(=O)O)c2c[nH]c3ccc(NC(=O)CCC(=O)O)cc23)CC1. The van der Waals surface area contributed by atoms with E-state index in [1.54, 1.807) is 41.1 Å². The molecular formula is C21H26N4O7. The third-order valence-corrected chi connectivity index (χ3v) is 5.30. The number of nitrogens with one attached hydrogen (secondary N) is 2. The first-order valence-corrected chi connectivity index (χ1v) is 10.3. The maximum absolute atomic E-state index is 12.2. The number of aromatic amines is 1. The van der Waals surface area contributed by atoms with Gasteiger partial charge in [-0.2, -0.15) is 0 Å². The summed E-state index contributed by atoms with van der Waals surface area (Å²) in [5, 5.41) is 22.0. The number of aromatic nitrogens is 1. The van der Waals surface area contributed by atoms with Gasteiger partial charge in [-0.05, 0) is 25.1 Å². The van der Waals surface area contributed by atoms with E-state index in [0.29, 0.717) is 48.3 Å². The van der Waals surface area contributed by atoms with Gasteiger partial charge in [0.25, 0.3) is 0 Å². The Hall–Kier alpha value is -3.60. The normalized spacial score (nSPS) is 15.3. The van der Waals surface area contributed by atoms with Crippen molar-refractivity contribution in [1.82, 2.24) is 14.8 Å². The fraction of sp³-hybridized carbons (Fsp3) is 0.429. The number of ether oxygens (including phenoxy) is 1. The lowest BCUT2D eigenvalue weighted by Crippen LogP contribution is -2.51. The van der Waals surface area contributed by atoms with E-state index in [9.17, 15) is 24.3 Å². The van der Waals surface area contributed by atoms with E-state index in [-0.39, 0.29) is 19.4 Å². The van der Waals surface area contributed by atoms with Crippen molar-refractivity contribution in [2.75, 3.05) is 38.1 Å². The summed E-state index contributed by atoms with van der Waals surface area (Å²) in [4.78, 5) is 53.1. The average Bonchev–Trinajstić information content (AvgIpc) is 3.16. The molecule has 1 saturated heterocycles. The molecule has 3 rings (SSSR count). The van der Waals surface area contributed by atoms with Gasteiger partial charge in [0.1, 0.15) is 6.04 Å². The molecule has 1 fully saturated rings. The summed E-state index contributed by atoms with van der Waals surface area (Å²) in [7, 11) is 0. The maximum Gasteiger partial charge on any atom is 0.409 e. The van der Waals surface area contributed by atoms with E-state index in [2.05, 4.69) is 10.3 Å². The van der Waals surface area contributed by atoms with Gasteiger partial charge in [0, 0.05) is 61.0 Å². The van der Waals surface area contributed by atoms with Crippen LogP contribution in [0.25, 0.3) is 10.9 Å². The molecule has 1 aliphatic heterocycles. The number of fused-ring (bicyclic) bond motifs is 1. The van der Waals surface area contributed by atoms with Gasteiger partial charge in [0.15, 0.2) is 0 Å². The van der Waals surface area contributed by atoms with Crippen molar-refractivity contribution >= 4 is 40.5 Å². The van der Waals surface area contributed by atoms with Crippen LogP contribution < -0.4 is 5.32 Å². The molecular weight excluding hydrogens is 420 g/mol. The third kappa shape index (κ3) is 5.35. The molecule has 1 aromatic carbocycles. The van der Waals surface area contributed by atoms with Gasteiger partial charge in [-0.3, -0.25) is 19.3 Å². The fourth-order valence-corrected chi connectivity index (χ4v) is 3.75. The monoisotopic (exact) mass is 446 g/mol. The molecule has 2 aromatic rings. The molecule has 2 heterocycles. The number of piperazine rings is 1. The molecule has 2 amide bonds. The van der Waals surface area contributed by atoms with Crippen molar-refractivity contribution in [2.24, 2.45) is 0 Å². The van der Waals surface area contributed by atoms with Crippen LogP contribution in [0.2, 0.25) is 0 Å². The lowest BCUT2D eigenvalue weighted by Gasteiger charge is -2.37. The number of carboxylic acids is 2. The van der Waals surface area contributed by atoms with Crippen molar-refractivity contribution in [1.29, 1.82) is 0 Å². The summed E-state index contributed by atoms with van der Waals surface area (Å²) in [6.45, 7) is 3.46. The Kier molecular flexibility index (Phi) is 7.31. The number of rotatable bonds is 8. The van der Waals surface area contributed by atoms with Crippen LogP contribution in [0.15, 0.2) is 24.4 Å². The van der Waals surface area contributed by atoms with Gasteiger partial charge in [0.05, 0.1) is 13.0 Å². The van der Waals surface area contributed by atoms with Crippen molar-refractivity contribution in [3.63, 3.8) is 0 Å². The summed E-state index contributed by atoms with van der Waals surface area (Å²) in [5.74, 6) is -2.52. The van der Waals surface area contributed by atoms with Crippen LogP contribution >= 0.6 is 0 Å². The van der Waals surface area contributed by atoms with E-state index in [4.69, 9.17) is 9.84 Å². The van der Waals surface area contributed by atoms with Crippen LogP contribution in [0.5, 0.6) is 0 Å². The fourth-order valence-electron chi connectivity index (χ4n) is 3.75. The third-order valence-electron chi connectivity index (χ3n) is 5.30. The molecule has 11 heteroatoms. The Morgan fingerprint density at radius 2 is 1.84 bits per heavy atom. The highest BCUT2D eigenvalue weighted by Gasteiger charge is 2.33. The number of anilines is 1. The lowest BCUT2D eigenvalue weighted by atomic mass is 10.0. The number of carbonyl (C=O) groups is 4. The zero-order chi connectivity index (χ0) is 23.3. The number of aliphatic carboxylic acids is 2. The molecule has 172 valence electrons. The first-order valence-electron chi connectivity index (χ1n) is 10.3. The Labute approximate surface area is 183 Å². The van der Waals surface area contributed by atoms with Crippen LogP contribution in [0.1, 0.15) is 31.4 Å². The molecule has 11 nitrogen and oxygen atoms in total. The zero-order valence-corrected chi connectivity index (χ0v) is 17.7. The molecule has 0 bridgehead atoms. The first-order chi connectivity index (χ1) is 15.3. The molecule has 0 unspecified atom stereocenters. The van der Waals surface area contributed by atoms with Gasteiger partial charge >= 0.3 is 18.0 Å². The number of amides is 2. The van der Waals surface area contributed by atoms with E-state index in [1.165, 1.54) is 0 Å². The summed E-state index contributed by atoms with van der Waals surface area (Å²) in [6, 6.07) is 4.12. The van der Waals surface area contributed by atoms with Gasteiger partial charge in [0.2, 0.25) is 5.91 Å². The van der Waals surface area contributed by atoms with Crippen LogP contribution in [-0.2, 0) is 19.1 Å². The largest absolute Gasteiger partial charge is 0.481 e. The topological polar surface area (TPSA) is 152 Å². The van der Waals surface area contributed by atoms with Gasteiger partial charge in [-0.1, -0.05) is 0 Å². The summed E-state index contributed by atoms with van der Waals surface area (Å²) >= 11 is 0. The first kappa shape index (κ1) is 23.1. The molecule has 0 saturated carbocycles. The van der Waals surface area contributed by atoms with Crippen LogP contribution in [0, 0.1) is 0 Å². The van der Waals surface area contributed by atoms with E-state index < -0.39 is 30.0 Å². The van der Waals surface area contributed by atoms with Crippen molar-refractivity contribution in [3.05, 3.63) is 30.0 Å². The summed E-state index contributed by atoms with van der Waals surface area (Å²) in [6.07, 6.45) is 0.796. The minimum Gasteiger partial charge on any atom is -0.481 e. The second-order valence-electron chi connectivity index (χ2n) is 7.41. The van der Waals surface area contributed by atoms with Gasteiger partial charge < -0.3 is 30.2 Å². The molecule has 1 aromatic heterocycles. The number of nitrogens with zero attached hydrogens (tertiary/aromatic N) is 2. The van der Waals surface area contributed by atoms with Crippen LogP contribution in [0.4, 0.5) is 10.5 Å². The maximum atomic E-state index is 12.2. The minimum absolute atomic E-state index is 0.157. The number of hydrogen-bond donors (Lipinski definition) is 4. The van der Waals surface area contributed by atoms with Crippen LogP contribution in [-0.4, -0.2) is 81.7 Å². The number of hydrogen-bond acceptors (Lipinski definition) is 6. The molecule has 0 spiro atoms. The van der Waals surface area contributed by atoms with Gasteiger partial charge in [-0.15, -0.1) is 0 Å². The average molecular weight is 446 g/mol. The molecule has 1 aliphatic rings. The predicted octanol–water partition coefficient (Wildman–Crippen LogP) is 1.87. The Bertz CT molecular complexity index is 1010. The lowest BCUT2D eigenvalue weighted by molar-refractivity contribution is -0.144. The minimum atomic E-state index is -1.06. The molecule has 1 atom stereocenters. The molecule has 0 aliphatic carbocycles. The highest BCUT2D eigenvalue weighted by atomic mass is 16.6. The summed E-state index contributed by atoms with van der Waals surface area (Å²) < 4.78 is 5.01. The van der Waals surface area contributed by atoms with Gasteiger partial charge in [-0.25, -0.2) is 4.79 Å². The second-order valence-corrected chi connectivity index (χ2v) is 7.41. The van der Waals surface area contributed by atoms with E-state index in [0.717, 1.165) is 0 Å². The van der Waals surface area contributed by atoms with E-state index >= 15 is 0 Å². The van der Waals surface area contributed by atoms with Crippen molar-refractivity contribution < 1.29 is 34.1 Å². The summed E-state index contributed by atoms with van der Waals surface area (Å²) in [5.41, 5.74) is 1.70. The standard InChI is InChI=1S/C21H26N4O7/c1-2-32-21(31)25-9-7-24(8-10-25)19(20(29)30)15-12-22-16-4-3-13(11-14(15)16)23-17(26)5-6-18(27)28/h3-4,11-12,19,22H,2,5-10H2,1H3,(H,23,26)(H,27,28)(H,29,30)/t19-/m1/s1. The van der Waals surface area contributed by atoms with E-state index in [1.807, 2.05) is 0 Å². The Morgan fingerprint density at radius 1 is 1.12 bits per heavy atom. The number of carboxylic acid groups (broad SMARTS) is 2. The van der Waals surface area contributed by atoms with Crippen LogP contribution in [0.3, 0.4) is 0 Å². The molecule has 0 radical (unpaired) electrons. The highest BCUT2D eigenvalue weighted by Crippen LogP contribution is 2.31. The number of H-pyrrole nitrogens is 1. The quantitative estimate of drug-likeness (QED) is 0.479. The second kappa shape index (κ2) is 10.1. The zero-order valence-electron chi connectivity index (χ0n) is 17.7. The predicted molar refractivity (Wildman–Crippen MR) is 114 cm³/mol. The number of benzene rings is 1. The van der Waals surface area contributed by atoms with Crippen molar-refractivity contribution in [3.8, 4) is 0 Å². The smallest absolute Gasteiger partial charge is 0.409 e. The number of carbonyl (C=O) groups excluding carboxylic acids is 2. The van der Waals surface area contributed by atoms with Crippen molar-refractivity contribution in [2.45, 2.75) is 25.8 Å². The Balaban J connectivity index is 1.78. The highest BCUT2D eigenvalue weighted by molar-refractivity contribution is 5.96. The Morgan fingerprint density at radius 3 is 2.47 bits per heavy atom. The molecule has 4 N–H and O–H groups in total. The molecule has 32 heavy (non-hydrogen) atoms.